The van der Waals surface area contributed by atoms with E-state index >= 15 is 0 Å². The number of rotatable bonds is 6. The molecule has 5 rings (SSSR count). The second kappa shape index (κ2) is 10.3. The maximum absolute atomic E-state index is 6.63. The number of aliphatic imine (C=N–C) groups is 1. The Hall–Kier alpha value is -4.37. The van der Waals surface area contributed by atoms with Gasteiger partial charge in [0.2, 0.25) is 0 Å². The molecule has 0 spiro atoms. The molecule has 1 aliphatic rings. The molecule has 1 aliphatic heterocycles. The van der Waals surface area contributed by atoms with Gasteiger partial charge in [-0.1, -0.05) is 97.1 Å². The van der Waals surface area contributed by atoms with Crippen molar-refractivity contribution in [2.75, 3.05) is 7.11 Å². The lowest BCUT2D eigenvalue weighted by Crippen LogP contribution is -2.13. The van der Waals surface area contributed by atoms with Gasteiger partial charge in [-0.25, -0.2) is 0 Å². The van der Waals surface area contributed by atoms with Crippen molar-refractivity contribution >= 4 is 23.4 Å². The van der Waals surface area contributed by atoms with Crippen LogP contribution in [-0.2, 0) is 4.74 Å². The lowest BCUT2D eigenvalue weighted by molar-refractivity contribution is 0.416. The molecule has 0 amide bonds. The molecule has 0 fully saturated rings. The first kappa shape index (κ1) is 22.4. The number of hydrogen-bond donors (Lipinski definition) is 0. The van der Waals surface area contributed by atoms with Crippen molar-refractivity contribution in [3.63, 3.8) is 0 Å². The molecule has 1 atom stereocenters. The van der Waals surface area contributed by atoms with Gasteiger partial charge < -0.3 is 9.47 Å². The summed E-state index contributed by atoms with van der Waals surface area (Å²) in [6.45, 7) is 2.15. The Morgan fingerprint density at radius 3 is 2.09 bits per heavy atom. The summed E-state index contributed by atoms with van der Waals surface area (Å²) in [7, 11) is 1.66. The molecule has 1 unspecified atom stereocenters. The van der Waals surface area contributed by atoms with Gasteiger partial charge in [-0.3, -0.25) is 4.99 Å². The number of ether oxygens (including phenoxy) is 2. The van der Waals surface area contributed by atoms with Crippen molar-refractivity contribution in [2.24, 2.45) is 4.99 Å². The normalized spacial score (nSPS) is 15.6. The van der Waals surface area contributed by atoms with E-state index in [0.29, 0.717) is 0 Å². The van der Waals surface area contributed by atoms with E-state index in [1.165, 1.54) is 11.1 Å². The Morgan fingerprint density at radius 2 is 1.37 bits per heavy atom. The smallest absolute Gasteiger partial charge is 0.144 e. The van der Waals surface area contributed by atoms with Crippen LogP contribution in [0, 0.1) is 6.92 Å². The van der Waals surface area contributed by atoms with Gasteiger partial charge in [0.25, 0.3) is 0 Å². The highest BCUT2D eigenvalue weighted by atomic mass is 16.5. The number of para-hydroxylation sites is 2. The summed E-state index contributed by atoms with van der Waals surface area (Å²) in [5, 5.41) is 0. The molecule has 35 heavy (non-hydrogen) atoms. The first-order valence-electron chi connectivity index (χ1n) is 11.7. The summed E-state index contributed by atoms with van der Waals surface area (Å²) >= 11 is 0. The van der Waals surface area contributed by atoms with E-state index in [4.69, 9.17) is 14.5 Å². The highest BCUT2D eigenvalue weighted by Gasteiger charge is 2.28. The van der Waals surface area contributed by atoms with Crippen LogP contribution >= 0.6 is 0 Å². The first-order chi connectivity index (χ1) is 17.2. The van der Waals surface area contributed by atoms with Crippen LogP contribution < -0.4 is 4.74 Å². The highest BCUT2D eigenvalue weighted by molar-refractivity contribution is 5.96. The average Bonchev–Trinajstić information content (AvgIpc) is 2.93. The first-order valence-corrected chi connectivity index (χ1v) is 11.7. The molecule has 0 bridgehead atoms. The van der Waals surface area contributed by atoms with E-state index in [1.54, 1.807) is 7.11 Å². The van der Waals surface area contributed by atoms with Crippen molar-refractivity contribution in [3.05, 3.63) is 143 Å². The summed E-state index contributed by atoms with van der Waals surface area (Å²) < 4.78 is 12.2. The molecule has 0 aromatic heterocycles. The minimum absolute atomic E-state index is 0.0335. The largest absolute Gasteiger partial charge is 0.494 e. The van der Waals surface area contributed by atoms with Crippen molar-refractivity contribution < 1.29 is 9.47 Å². The SMILES string of the molecule is COc1ccccc1N=CC1=C(c2ccccc2)OC(c2ccccc2)=CC1c1ccccc1C. The summed E-state index contributed by atoms with van der Waals surface area (Å²) in [4.78, 5) is 4.86. The van der Waals surface area contributed by atoms with Gasteiger partial charge in [-0.15, -0.1) is 0 Å². The number of methoxy groups -OCH3 is 1. The van der Waals surface area contributed by atoms with Crippen LogP contribution in [0.2, 0.25) is 0 Å². The van der Waals surface area contributed by atoms with E-state index in [9.17, 15) is 0 Å². The van der Waals surface area contributed by atoms with Gasteiger partial charge >= 0.3 is 0 Å². The average molecular weight is 458 g/mol. The van der Waals surface area contributed by atoms with E-state index in [-0.39, 0.29) is 5.92 Å². The zero-order chi connectivity index (χ0) is 24.0. The second-order valence-corrected chi connectivity index (χ2v) is 8.41. The second-order valence-electron chi connectivity index (χ2n) is 8.41. The molecule has 0 radical (unpaired) electrons. The minimum Gasteiger partial charge on any atom is -0.494 e. The molecule has 3 heteroatoms. The van der Waals surface area contributed by atoms with Crippen molar-refractivity contribution in [1.29, 1.82) is 0 Å². The van der Waals surface area contributed by atoms with Crippen molar-refractivity contribution in [2.45, 2.75) is 12.8 Å². The Morgan fingerprint density at radius 1 is 0.743 bits per heavy atom. The molecule has 4 aromatic carbocycles. The van der Waals surface area contributed by atoms with Gasteiger partial charge in [-0.05, 0) is 36.3 Å². The van der Waals surface area contributed by atoms with Crippen LogP contribution in [0.1, 0.15) is 28.2 Å². The molecule has 0 saturated heterocycles. The molecule has 3 nitrogen and oxygen atoms in total. The lowest BCUT2D eigenvalue weighted by atomic mass is 9.84. The van der Waals surface area contributed by atoms with Crippen LogP contribution in [0.25, 0.3) is 11.5 Å². The molecule has 0 N–H and O–H groups in total. The van der Waals surface area contributed by atoms with Crippen LogP contribution in [0.5, 0.6) is 5.75 Å². The quantitative estimate of drug-likeness (QED) is 0.275. The van der Waals surface area contributed by atoms with Crippen molar-refractivity contribution in [3.8, 4) is 5.75 Å². The standard InChI is InChI=1S/C32H27NO2/c1-23-13-9-10-18-26(23)27-21-31(24-14-5-3-6-15-24)35-32(25-16-7-4-8-17-25)28(27)22-33-29-19-11-12-20-30(29)34-2/h3-22,27H,1-2H3. The highest BCUT2D eigenvalue weighted by Crippen LogP contribution is 2.42. The Labute approximate surface area is 206 Å². The van der Waals surface area contributed by atoms with Gasteiger partial charge in [0.05, 0.1) is 7.11 Å². The summed E-state index contributed by atoms with van der Waals surface area (Å²) in [5.74, 6) is 2.34. The number of benzene rings is 4. The molecule has 4 aromatic rings. The molecule has 1 heterocycles. The van der Waals surface area contributed by atoms with Crippen LogP contribution in [0.4, 0.5) is 5.69 Å². The third-order valence-electron chi connectivity index (χ3n) is 6.17. The molecular weight excluding hydrogens is 430 g/mol. The topological polar surface area (TPSA) is 30.8 Å². The third kappa shape index (κ3) is 4.80. The molecular formula is C32H27NO2. The van der Waals surface area contributed by atoms with E-state index in [0.717, 1.165) is 39.7 Å². The Bertz CT molecular complexity index is 1400. The summed E-state index contributed by atoms with van der Waals surface area (Å²) in [5.41, 5.74) is 6.26. The molecule has 172 valence electrons. The van der Waals surface area contributed by atoms with Gasteiger partial charge in [0, 0.05) is 28.8 Å². The van der Waals surface area contributed by atoms with Crippen molar-refractivity contribution in [1.82, 2.24) is 0 Å². The van der Waals surface area contributed by atoms with Gasteiger partial charge in [0.1, 0.15) is 23.0 Å². The number of aryl methyl sites for hydroxylation is 1. The minimum atomic E-state index is -0.0335. The van der Waals surface area contributed by atoms with Gasteiger partial charge in [-0.2, -0.15) is 0 Å². The molecule has 0 aliphatic carbocycles. The van der Waals surface area contributed by atoms with Crippen LogP contribution in [0.3, 0.4) is 0 Å². The fourth-order valence-electron chi connectivity index (χ4n) is 4.37. The van der Waals surface area contributed by atoms with Crippen LogP contribution in [0.15, 0.2) is 126 Å². The zero-order valence-corrected chi connectivity index (χ0v) is 19.9. The summed E-state index contributed by atoms with van der Waals surface area (Å²) in [6, 6.07) is 36.8. The maximum atomic E-state index is 6.63. The third-order valence-corrected chi connectivity index (χ3v) is 6.17. The number of hydrogen-bond acceptors (Lipinski definition) is 3. The summed E-state index contributed by atoms with van der Waals surface area (Å²) in [6.07, 6.45) is 4.13. The lowest BCUT2D eigenvalue weighted by Gasteiger charge is -2.28. The van der Waals surface area contributed by atoms with Crippen LogP contribution in [-0.4, -0.2) is 13.3 Å². The predicted molar refractivity (Wildman–Crippen MR) is 144 cm³/mol. The molecule has 0 saturated carbocycles. The fraction of sp³-hybridized carbons (Fsp3) is 0.0938. The van der Waals surface area contributed by atoms with E-state index in [2.05, 4.69) is 61.5 Å². The number of allylic oxidation sites excluding steroid dienone is 2. The fourth-order valence-corrected chi connectivity index (χ4v) is 4.37. The maximum Gasteiger partial charge on any atom is 0.144 e. The van der Waals surface area contributed by atoms with E-state index in [1.807, 2.05) is 66.9 Å². The predicted octanol–water partition coefficient (Wildman–Crippen LogP) is 7.97. The Kier molecular flexibility index (Phi) is 6.58. The van der Waals surface area contributed by atoms with Gasteiger partial charge in [0.15, 0.2) is 0 Å². The number of nitrogens with zero attached hydrogens (tertiary/aromatic N) is 1. The monoisotopic (exact) mass is 457 g/mol. The Balaban J connectivity index is 1.71. The zero-order valence-electron chi connectivity index (χ0n) is 19.9. The van der Waals surface area contributed by atoms with E-state index < -0.39 is 0 Å².